The smallest absolute Gasteiger partial charge is 0.240 e. The zero-order chi connectivity index (χ0) is 17.8. The van der Waals surface area contributed by atoms with Crippen LogP contribution in [0.2, 0.25) is 5.15 Å². The third-order valence-corrected chi connectivity index (χ3v) is 4.26. The Labute approximate surface area is 151 Å². The zero-order valence-corrected chi connectivity index (χ0v) is 14.9. The number of likely N-dealkylation sites (N-methyl/N-ethyl adjacent to an activating group) is 1. The van der Waals surface area contributed by atoms with Crippen molar-refractivity contribution in [3.8, 4) is 0 Å². The van der Waals surface area contributed by atoms with Crippen molar-refractivity contribution >= 4 is 34.1 Å². The van der Waals surface area contributed by atoms with Gasteiger partial charge in [-0.05, 0) is 35.4 Å². The summed E-state index contributed by atoms with van der Waals surface area (Å²) >= 11 is 5.74. The predicted octanol–water partition coefficient (Wildman–Crippen LogP) is 3.60. The van der Waals surface area contributed by atoms with Crippen LogP contribution in [0.15, 0.2) is 54.6 Å². The van der Waals surface area contributed by atoms with Gasteiger partial charge in [-0.2, -0.15) is 0 Å². The van der Waals surface area contributed by atoms with Crippen molar-refractivity contribution in [3.63, 3.8) is 0 Å². The van der Waals surface area contributed by atoms with Crippen molar-refractivity contribution in [1.29, 1.82) is 0 Å². The Kier molecular flexibility index (Phi) is 5.14. The first-order valence-electron chi connectivity index (χ1n) is 8.02. The summed E-state index contributed by atoms with van der Waals surface area (Å²) in [6, 6.07) is 17.6. The highest BCUT2D eigenvalue weighted by atomic mass is 35.5. The molecule has 0 unspecified atom stereocenters. The summed E-state index contributed by atoms with van der Waals surface area (Å²) < 4.78 is 0. The van der Waals surface area contributed by atoms with Crippen molar-refractivity contribution in [2.75, 3.05) is 18.5 Å². The molecule has 3 rings (SSSR count). The van der Waals surface area contributed by atoms with E-state index in [1.165, 1.54) is 0 Å². The Hall–Kier alpha value is -2.66. The molecule has 0 radical (unpaired) electrons. The van der Waals surface area contributed by atoms with Crippen molar-refractivity contribution < 1.29 is 4.79 Å². The molecule has 0 spiro atoms. The molecule has 0 saturated carbocycles. The molecule has 0 aliphatic carbocycles. The van der Waals surface area contributed by atoms with Gasteiger partial charge >= 0.3 is 0 Å². The molecule has 128 valence electrons. The van der Waals surface area contributed by atoms with Crippen LogP contribution >= 0.6 is 11.6 Å². The quantitative estimate of drug-likeness (QED) is 0.760. The number of hydrogen-bond donors (Lipinski definition) is 1. The van der Waals surface area contributed by atoms with Crippen LogP contribution in [0.25, 0.3) is 10.8 Å². The number of amides is 1. The van der Waals surface area contributed by atoms with Crippen molar-refractivity contribution in [2.24, 2.45) is 0 Å². The molecule has 25 heavy (non-hydrogen) atoms. The maximum absolute atomic E-state index is 12.4. The van der Waals surface area contributed by atoms with E-state index in [9.17, 15) is 4.79 Å². The van der Waals surface area contributed by atoms with Crippen LogP contribution in [0.5, 0.6) is 0 Å². The summed E-state index contributed by atoms with van der Waals surface area (Å²) in [5.74, 6) is 0.511. The second kappa shape index (κ2) is 7.49. The lowest BCUT2D eigenvalue weighted by Crippen LogP contribution is -2.36. The van der Waals surface area contributed by atoms with E-state index in [0.717, 1.165) is 16.3 Å². The van der Waals surface area contributed by atoms with E-state index in [0.29, 0.717) is 11.0 Å². The molecular formula is C19H19ClN4O. The van der Waals surface area contributed by atoms with E-state index in [1.807, 2.05) is 31.2 Å². The fourth-order valence-electron chi connectivity index (χ4n) is 2.80. The normalized spacial score (nSPS) is 12.0. The molecule has 1 atom stereocenters. The van der Waals surface area contributed by atoms with E-state index in [4.69, 9.17) is 11.6 Å². The minimum Gasteiger partial charge on any atom is -0.349 e. The largest absolute Gasteiger partial charge is 0.349 e. The Balaban J connectivity index is 1.68. The molecule has 0 aliphatic heterocycles. The summed E-state index contributed by atoms with van der Waals surface area (Å²) in [7, 11) is 1.79. The number of halogens is 1. The molecule has 5 nitrogen and oxygen atoms in total. The Morgan fingerprint density at radius 1 is 1.12 bits per heavy atom. The number of carbonyl (C=O) groups excluding carboxylic acids is 1. The van der Waals surface area contributed by atoms with E-state index in [-0.39, 0.29) is 18.5 Å². The number of carbonyl (C=O) groups is 1. The summed E-state index contributed by atoms with van der Waals surface area (Å²) in [6.45, 7) is 2.17. The molecule has 6 heteroatoms. The molecule has 1 aromatic heterocycles. The Bertz CT molecular complexity index is 877. The lowest BCUT2D eigenvalue weighted by atomic mass is 10.00. The van der Waals surface area contributed by atoms with Crippen LogP contribution in [0.4, 0.5) is 5.82 Å². The van der Waals surface area contributed by atoms with Gasteiger partial charge in [0.15, 0.2) is 11.0 Å². The minimum absolute atomic E-state index is 0.0836. The first-order chi connectivity index (χ1) is 12.0. The van der Waals surface area contributed by atoms with Crippen LogP contribution in [-0.2, 0) is 4.79 Å². The first kappa shape index (κ1) is 17.2. The molecule has 1 heterocycles. The van der Waals surface area contributed by atoms with Crippen LogP contribution in [0.1, 0.15) is 18.5 Å². The third kappa shape index (κ3) is 4.06. The van der Waals surface area contributed by atoms with Gasteiger partial charge in [0.05, 0.1) is 12.6 Å². The van der Waals surface area contributed by atoms with Crippen molar-refractivity contribution in [3.05, 3.63) is 65.3 Å². The van der Waals surface area contributed by atoms with Gasteiger partial charge in [-0.25, -0.2) is 0 Å². The molecule has 1 amide bonds. The molecule has 0 bridgehead atoms. The summed E-state index contributed by atoms with van der Waals surface area (Å²) in [5.41, 5.74) is 1.10. The standard InChI is InChI=1S/C19H19ClN4O/c1-13(15-9-5-7-14-6-3-4-8-16(14)15)21-19(25)12-24(2)18-11-10-17(20)22-23-18/h3-11,13H,12H2,1-2H3,(H,21,25)/t13-/m0/s1. The average molecular weight is 355 g/mol. The number of nitrogens with zero attached hydrogens (tertiary/aromatic N) is 3. The number of rotatable bonds is 5. The lowest BCUT2D eigenvalue weighted by molar-refractivity contribution is -0.120. The number of fused-ring (bicyclic) bond motifs is 1. The molecule has 3 aromatic rings. The summed E-state index contributed by atoms with van der Waals surface area (Å²) in [4.78, 5) is 14.1. The highest BCUT2D eigenvalue weighted by Crippen LogP contribution is 2.24. The second-order valence-electron chi connectivity index (χ2n) is 5.93. The zero-order valence-electron chi connectivity index (χ0n) is 14.1. The number of aromatic nitrogens is 2. The van der Waals surface area contributed by atoms with Gasteiger partial charge in [0.1, 0.15) is 0 Å². The molecule has 1 N–H and O–H groups in total. The molecule has 0 aliphatic rings. The molecular weight excluding hydrogens is 336 g/mol. The maximum Gasteiger partial charge on any atom is 0.240 e. The summed E-state index contributed by atoms with van der Waals surface area (Å²) in [5, 5.41) is 13.4. The number of hydrogen-bond acceptors (Lipinski definition) is 4. The van der Waals surface area contributed by atoms with E-state index < -0.39 is 0 Å². The molecule has 0 saturated heterocycles. The number of benzene rings is 2. The predicted molar refractivity (Wildman–Crippen MR) is 101 cm³/mol. The van der Waals surface area contributed by atoms with Crippen molar-refractivity contribution in [1.82, 2.24) is 15.5 Å². The summed E-state index contributed by atoms with van der Waals surface area (Å²) in [6.07, 6.45) is 0. The van der Waals surface area contributed by atoms with Gasteiger partial charge in [0.2, 0.25) is 5.91 Å². The second-order valence-corrected chi connectivity index (χ2v) is 6.32. The van der Waals surface area contributed by atoms with E-state index in [2.05, 4.69) is 33.7 Å². The topological polar surface area (TPSA) is 58.1 Å². The average Bonchev–Trinajstić information content (AvgIpc) is 2.61. The monoisotopic (exact) mass is 354 g/mol. The van der Waals surface area contributed by atoms with Gasteiger partial charge in [-0.3, -0.25) is 4.79 Å². The lowest BCUT2D eigenvalue weighted by Gasteiger charge is -2.20. The number of nitrogens with one attached hydrogen (secondary N) is 1. The third-order valence-electron chi connectivity index (χ3n) is 4.06. The van der Waals surface area contributed by atoms with Crippen molar-refractivity contribution in [2.45, 2.75) is 13.0 Å². The van der Waals surface area contributed by atoms with Gasteiger partial charge < -0.3 is 10.2 Å². The van der Waals surface area contributed by atoms with Crippen LogP contribution in [-0.4, -0.2) is 29.7 Å². The van der Waals surface area contributed by atoms with E-state index >= 15 is 0 Å². The van der Waals surface area contributed by atoms with Crippen LogP contribution < -0.4 is 10.2 Å². The minimum atomic E-state index is -0.0942. The van der Waals surface area contributed by atoms with Gasteiger partial charge in [-0.15, -0.1) is 10.2 Å². The van der Waals surface area contributed by atoms with Gasteiger partial charge in [-0.1, -0.05) is 54.1 Å². The Morgan fingerprint density at radius 2 is 1.88 bits per heavy atom. The molecule has 2 aromatic carbocycles. The van der Waals surface area contributed by atoms with E-state index in [1.54, 1.807) is 24.1 Å². The first-order valence-corrected chi connectivity index (χ1v) is 8.40. The SMILES string of the molecule is C[C@H](NC(=O)CN(C)c1ccc(Cl)nn1)c1cccc2ccccc12. The fourth-order valence-corrected chi connectivity index (χ4v) is 2.90. The van der Waals surface area contributed by atoms with Gasteiger partial charge in [0.25, 0.3) is 0 Å². The highest BCUT2D eigenvalue weighted by molar-refractivity contribution is 6.29. The number of anilines is 1. The maximum atomic E-state index is 12.4. The Morgan fingerprint density at radius 3 is 2.64 bits per heavy atom. The van der Waals surface area contributed by atoms with Gasteiger partial charge in [0, 0.05) is 7.05 Å². The fraction of sp³-hybridized carbons (Fsp3) is 0.211. The highest BCUT2D eigenvalue weighted by Gasteiger charge is 2.14. The van der Waals surface area contributed by atoms with Crippen LogP contribution in [0, 0.1) is 0 Å². The van der Waals surface area contributed by atoms with Crippen LogP contribution in [0.3, 0.4) is 0 Å². The molecule has 0 fully saturated rings.